The molecule has 3 rings (SSSR count). The van der Waals surface area contributed by atoms with Crippen LogP contribution in [0.1, 0.15) is 50.0 Å². The first-order valence-electron chi connectivity index (χ1n) is 8.09. The molecule has 124 valence electrons. The maximum atomic E-state index is 12.0. The normalized spacial score (nSPS) is 16.9. The predicted octanol–water partition coefficient (Wildman–Crippen LogP) is 2.99. The Kier molecular flexibility index (Phi) is 5.22. The summed E-state index contributed by atoms with van der Waals surface area (Å²) < 4.78 is 1.79. The molecule has 2 heterocycles. The van der Waals surface area contributed by atoms with E-state index in [1.807, 2.05) is 19.2 Å². The molecule has 0 radical (unpaired) electrons. The molecule has 2 aromatic heterocycles. The van der Waals surface area contributed by atoms with Crippen LogP contribution in [0.15, 0.2) is 18.5 Å². The molecule has 23 heavy (non-hydrogen) atoms. The minimum absolute atomic E-state index is 0.0272. The summed E-state index contributed by atoms with van der Waals surface area (Å²) in [6.45, 7) is 2.57. The zero-order valence-electron chi connectivity index (χ0n) is 13.2. The third-order valence-electron chi connectivity index (χ3n) is 4.01. The molecule has 1 aliphatic rings. The molecule has 0 spiro atoms. The van der Waals surface area contributed by atoms with Crippen LogP contribution in [0.2, 0.25) is 0 Å². The number of hydrogen-bond donors (Lipinski definition) is 2. The number of anilines is 1. The molecule has 8 heteroatoms. The largest absolute Gasteiger partial charge is 0.333 e. The van der Waals surface area contributed by atoms with E-state index in [2.05, 4.69) is 25.9 Å². The van der Waals surface area contributed by atoms with Gasteiger partial charge >= 0.3 is 6.03 Å². The van der Waals surface area contributed by atoms with Crippen LogP contribution in [-0.4, -0.2) is 32.1 Å². The van der Waals surface area contributed by atoms with Gasteiger partial charge < -0.3 is 5.32 Å². The van der Waals surface area contributed by atoms with E-state index in [1.165, 1.54) is 43.4 Å². The van der Waals surface area contributed by atoms with Gasteiger partial charge in [0, 0.05) is 24.4 Å². The highest BCUT2D eigenvalue weighted by atomic mass is 32.1. The van der Waals surface area contributed by atoms with Gasteiger partial charge in [-0.1, -0.05) is 30.6 Å². The zero-order chi connectivity index (χ0) is 16.1. The number of amides is 2. The van der Waals surface area contributed by atoms with Crippen LogP contribution in [0.5, 0.6) is 0 Å². The van der Waals surface area contributed by atoms with Crippen molar-refractivity contribution in [1.82, 2.24) is 25.3 Å². The molecule has 0 saturated heterocycles. The number of carbonyl (C=O) groups is 1. The molecule has 2 amide bonds. The number of rotatable bonds is 5. The second kappa shape index (κ2) is 7.54. The Morgan fingerprint density at radius 3 is 2.96 bits per heavy atom. The van der Waals surface area contributed by atoms with Crippen molar-refractivity contribution in [3.8, 4) is 0 Å². The van der Waals surface area contributed by atoms with Gasteiger partial charge in [-0.25, -0.2) is 4.79 Å². The van der Waals surface area contributed by atoms with Crippen LogP contribution in [0, 0.1) is 0 Å². The molecule has 1 aliphatic carbocycles. The van der Waals surface area contributed by atoms with E-state index in [1.54, 1.807) is 10.9 Å². The van der Waals surface area contributed by atoms with Crippen LogP contribution in [0.4, 0.5) is 9.93 Å². The first-order chi connectivity index (χ1) is 11.2. The van der Waals surface area contributed by atoms with E-state index >= 15 is 0 Å². The summed E-state index contributed by atoms with van der Waals surface area (Å²) >= 11 is 1.49. The lowest BCUT2D eigenvalue weighted by atomic mass is 9.90. The molecule has 1 saturated carbocycles. The number of carbonyl (C=O) groups excluding carboxylic acids is 1. The fourth-order valence-corrected chi connectivity index (χ4v) is 3.80. The predicted molar refractivity (Wildman–Crippen MR) is 89.6 cm³/mol. The second-order valence-corrected chi connectivity index (χ2v) is 7.02. The van der Waals surface area contributed by atoms with Crippen molar-refractivity contribution in [2.75, 3.05) is 5.32 Å². The van der Waals surface area contributed by atoms with Gasteiger partial charge in [-0.05, 0) is 25.8 Å². The third kappa shape index (κ3) is 4.51. The molecular weight excluding hydrogens is 312 g/mol. The van der Waals surface area contributed by atoms with Gasteiger partial charge in [-0.15, -0.1) is 10.2 Å². The smallest absolute Gasteiger partial charge is 0.321 e. The minimum atomic E-state index is -0.254. The van der Waals surface area contributed by atoms with Gasteiger partial charge in [-0.2, -0.15) is 5.10 Å². The SMILES string of the molecule is CC(Cn1cccn1)NC(=O)Nc1nnc(C2CCCCC2)s1. The average molecular weight is 334 g/mol. The van der Waals surface area contributed by atoms with Gasteiger partial charge in [0.15, 0.2) is 0 Å². The quantitative estimate of drug-likeness (QED) is 0.880. The fourth-order valence-electron chi connectivity index (χ4n) is 2.89. The van der Waals surface area contributed by atoms with Crippen molar-refractivity contribution in [3.63, 3.8) is 0 Å². The average Bonchev–Trinajstić information content (AvgIpc) is 3.20. The van der Waals surface area contributed by atoms with Crippen molar-refractivity contribution in [3.05, 3.63) is 23.5 Å². The molecule has 0 aromatic carbocycles. The van der Waals surface area contributed by atoms with Crippen LogP contribution in [0.25, 0.3) is 0 Å². The minimum Gasteiger partial charge on any atom is -0.333 e. The first kappa shape index (κ1) is 15.9. The molecule has 2 N–H and O–H groups in total. The van der Waals surface area contributed by atoms with Crippen LogP contribution in [-0.2, 0) is 6.54 Å². The molecule has 1 unspecified atom stereocenters. The highest BCUT2D eigenvalue weighted by Crippen LogP contribution is 2.35. The highest BCUT2D eigenvalue weighted by Gasteiger charge is 2.20. The Bertz CT molecular complexity index is 620. The van der Waals surface area contributed by atoms with E-state index in [-0.39, 0.29) is 12.1 Å². The van der Waals surface area contributed by atoms with Gasteiger partial charge in [0.05, 0.1) is 6.54 Å². The summed E-state index contributed by atoms with van der Waals surface area (Å²) in [5.74, 6) is 0.513. The van der Waals surface area contributed by atoms with Crippen molar-refractivity contribution in [2.45, 2.75) is 57.5 Å². The fraction of sp³-hybridized carbons (Fsp3) is 0.600. The van der Waals surface area contributed by atoms with Crippen LogP contribution >= 0.6 is 11.3 Å². The summed E-state index contributed by atoms with van der Waals surface area (Å²) in [6, 6.07) is 1.58. The monoisotopic (exact) mass is 334 g/mol. The lowest BCUT2D eigenvalue weighted by Crippen LogP contribution is -2.38. The van der Waals surface area contributed by atoms with E-state index < -0.39 is 0 Å². The highest BCUT2D eigenvalue weighted by molar-refractivity contribution is 7.15. The van der Waals surface area contributed by atoms with Crippen molar-refractivity contribution in [2.24, 2.45) is 0 Å². The zero-order valence-corrected chi connectivity index (χ0v) is 14.1. The first-order valence-corrected chi connectivity index (χ1v) is 8.90. The van der Waals surface area contributed by atoms with Gasteiger partial charge in [0.1, 0.15) is 5.01 Å². The number of hydrogen-bond acceptors (Lipinski definition) is 5. The molecule has 7 nitrogen and oxygen atoms in total. The maximum Gasteiger partial charge on any atom is 0.321 e. The molecule has 0 aliphatic heterocycles. The lowest BCUT2D eigenvalue weighted by Gasteiger charge is -2.18. The lowest BCUT2D eigenvalue weighted by molar-refractivity contribution is 0.247. The van der Waals surface area contributed by atoms with E-state index in [9.17, 15) is 4.79 Å². The molecule has 0 bridgehead atoms. The Morgan fingerprint density at radius 2 is 2.22 bits per heavy atom. The summed E-state index contributed by atoms with van der Waals surface area (Å²) in [7, 11) is 0. The van der Waals surface area contributed by atoms with Crippen molar-refractivity contribution < 1.29 is 4.79 Å². The topological polar surface area (TPSA) is 84.7 Å². The molecule has 1 fully saturated rings. The van der Waals surface area contributed by atoms with Gasteiger partial charge in [0.25, 0.3) is 0 Å². The number of nitrogens with one attached hydrogen (secondary N) is 2. The summed E-state index contributed by atoms with van der Waals surface area (Å²) in [4.78, 5) is 12.0. The summed E-state index contributed by atoms with van der Waals surface area (Å²) in [6.07, 6.45) is 9.80. The third-order valence-corrected chi connectivity index (χ3v) is 5.01. The number of urea groups is 1. The maximum absolute atomic E-state index is 12.0. The van der Waals surface area contributed by atoms with Gasteiger partial charge in [0.2, 0.25) is 5.13 Å². The second-order valence-electron chi connectivity index (χ2n) is 6.01. The number of nitrogens with zero attached hydrogens (tertiary/aromatic N) is 4. The Balaban J connectivity index is 1.48. The molecule has 2 aromatic rings. The van der Waals surface area contributed by atoms with Crippen LogP contribution < -0.4 is 10.6 Å². The standard InChI is InChI=1S/C15H22N6OS/c1-11(10-21-9-5-8-16-21)17-14(22)18-15-20-19-13(23-15)12-6-3-2-4-7-12/h5,8-9,11-12H,2-4,6-7,10H2,1H3,(H2,17,18,20,22). The Morgan fingerprint density at radius 1 is 1.39 bits per heavy atom. The van der Waals surface area contributed by atoms with E-state index in [0.29, 0.717) is 17.6 Å². The van der Waals surface area contributed by atoms with Crippen molar-refractivity contribution >= 4 is 22.5 Å². The summed E-state index contributed by atoms with van der Waals surface area (Å²) in [5.41, 5.74) is 0. The molecule has 1 atom stereocenters. The van der Waals surface area contributed by atoms with E-state index in [0.717, 1.165) is 5.01 Å². The molecular formula is C15H22N6OS. The summed E-state index contributed by atoms with van der Waals surface area (Å²) in [5, 5.41) is 19.7. The van der Waals surface area contributed by atoms with E-state index in [4.69, 9.17) is 0 Å². The van der Waals surface area contributed by atoms with Gasteiger partial charge in [-0.3, -0.25) is 10.00 Å². The van der Waals surface area contributed by atoms with Crippen molar-refractivity contribution in [1.29, 1.82) is 0 Å². The van der Waals surface area contributed by atoms with Crippen LogP contribution in [0.3, 0.4) is 0 Å². The Hall–Kier alpha value is -1.96. The Labute approximate surface area is 139 Å². The number of aromatic nitrogens is 4.